The van der Waals surface area contributed by atoms with E-state index in [9.17, 15) is 13.6 Å². The minimum atomic E-state index is -0.379. The van der Waals surface area contributed by atoms with Gasteiger partial charge in [-0.1, -0.05) is 0 Å². The van der Waals surface area contributed by atoms with Crippen LogP contribution in [0.15, 0.2) is 18.2 Å². The van der Waals surface area contributed by atoms with Gasteiger partial charge in [0, 0.05) is 6.42 Å². The van der Waals surface area contributed by atoms with Crippen LogP contribution in [-0.2, 0) is 9.53 Å². The Morgan fingerprint density at radius 2 is 1.95 bits per heavy atom. The van der Waals surface area contributed by atoms with E-state index in [-0.39, 0.29) is 23.5 Å². The Kier molecular flexibility index (Phi) is 5.71. The first-order chi connectivity index (χ1) is 10.1. The molecule has 0 heterocycles. The second-order valence-electron chi connectivity index (χ2n) is 5.73. The molecule has 0 saturated heterocycles. The SMILES string of the molecule is CCOC(=O)CCC1CCC(c2cc(F)ccc2F)CC1. The largest absolute Gasteiger partial charge is 0.466 e. The lowest BCUT2D eigenvalue weighted by molar-refractivity contribution is -0.143. The van der Waals surface area contributed by atoms with E-state index < -0.39 is 0 Å². The van der Waals surface area contributed by atoms with Crippen molar-refractivity contribution in [3.8, 4) is 0 Å². The van der Waals surface area contributed by atoms with Gasteiger partial charge in [0.25, 0.3) is 0 Å². The smallest absolute Gasteiger partial charge is 0.305 e. The Balaban J connectivity index is 1.83. The molecular formula is C17H22F2O2. The van der Waals surface area contributed by atoms with Gasteiger partial charge in [0.05, 0.1) is 6.61 Å². The molecule has 0 unspecified atom stereocenters. The van der Waals surface area contributed by atoms with Crippen molar-refractivity contribution in [2.24, 2.45) is 5.92 Å². The molecule has 4 heteroatoms. The molecule has 1 aliphatic carbocycles. The summed E-state index contributed by atoms with van der Waals surface area (Å²) in [7, 11) is 0. The Hall–Kier alpha value is -1.45. The van der Waals surface area contributed by atoms with Gasteiger partial charge in [-0.25, -0.2) is 8.78 Å². The van der Waals surface area contributed by atoms with E-state index in [4.69, 9.17) is 4.74 Å². The lowest BCUT2D eigenvalue weighted by Gasteiger charge is -2.28. The summed E-state index contributed by atoms with van der Waals surface area (Å²) in [6.07, 6.45) is 4.91. The number of carbonyl (C=O) groups is 1. The first-order valence-corrected chi connectivity index (χ1v) is 7.70. The highest BCUT2D eigenvalue weighted by atomic mass is 19.1. The number of hydrogen-bond donors (Lipinski definition) is 0. The summed E-state index contributed by atoms with van der Waals surface area (Å²) in [6.45, 7) is 2.22. The number of ether oxygens (including phenoxy) is 1. The second kappa shape index (κ2) is 7.53. The molecule has 0 radical (unpaired) electrons. The van der Waals surface area contributed by atoms with Crippen LogP contribution in [0.25, 0.3) is 0 Å². The summed E-state index contributed by atoms with van der Waals surface area (Å²) >= 11 is 0. The van der Waals surface area contributed by atoms with Gasteiger partial charge in [0.15, 0.2) is 0 Å². The van der Waals surface area contributed by atoms with Crippen molar-refractivity contribution in [2.75, 3.05) is 6.61 Å². The zero-order valence-electron chi connectivity index (χ0n) is 12.4. The number of esters is 1. The first-order valence-electron chi connectivity index (χ1n) is 7.70. The number of rotatable bonds is 5. The molecule has 0 aliphatic heterocycles. The average molecular weight is 296 g/mol. The van der Waals surface area contributed by atoms with Crippen LogP contribution < -0.4 is 0 Å². The van der Waals surface area contributed by atoms with E-state index in [1.165, 1.54) is 12.1 Å². The van der Waals surface area contributed by atoms with Crippen LogP contribution >= 0.6 is 0 Å². The van der Waals surface area contributed by atoms with Gasteiger partial charge >= 0.3 is 5.97 Å². The topological polar surface area (TPSA) is 26.3 Å². The fourth-order valence-corrected chi connectivity index (χ4v) is 3.14. The first kappa shape index (κ1) is 15.9. The van der Waals surface area contributed by atoms with Gasteiger partial charge < -0.3 is 4.74 Å². The lowest BCUT2D eigenvalue weighted by atomic mass is 9.77. The zero-order chi connectivity index (χ0) is 15.2. The van der Waals surface area contributed by atoms with Crippen molar-refractivity contribution in [2.45, 2.75) is 51.4 Å². The van der Waals surface area contributed by atoms with Gasteiger partial charge in [0.2, 0.25) is 0 Å². The molecule has 1 aliphatic rings. The summed E-state index contributed by atoms with van der Waals surface area (Å²) in [6, 6.07) is 3.68. The fourth-order valence-electron chi connectivity index (χ4n) is 3.14. The molecule has 21 heavy (non-hydrogen) atoms. The van der Waals surface area contributed by atoms with Crippen LogP contribution in [0, 0.1) is 17.6 Å². The summed E-state index contributed by atoms with van der Waals surface area (Å²) in [5, 5.41) is 0. The van der Waals surface area contributed by atoms with Crippen molar-refractivity contribution >= 4 is 5.97 Å². The molecule has 0 amide bonds. The molecule has 0 spiro atoms. The van der Waals surface area contributed by atoms with E-state index in [2.05, 4.69) is 0 Å². The number of halogens is 2. The highest BCUT2D eigenvalue weighted by Crippen LogP contribution is 2.38. The number of benzene rings is 1. The molecule has 116 valence electrons. The molecule has 1 aromatic rings. The monoisotopic (exact) mass is 296 g/mol. The van der Waals surface area contributed by atoms with Crippen LogP contribution in [0.5, 0.6) is 0 Å². The Bertz CT molecular complexity index is 480. The predicted molar refractivity (Wildman–Crippen MR) is 76.9 cm³/mol. The minimum Gasteiger partial charge on any atom is -0.466 e. The third-order valence-electron chi connectivity index (χ3n) is 4.31. The van der Waals surface area contributed by atoms with Crippen LogP contribution in [-0.4, -0.2) is 12.6 Å². The van der Waals surface area contributed by atoms with Crippen molar-refractivity contribution in [3.63, 3.8) is 0 Å². The number of carbonyl (C=O) groups excluding carboxylic acids is 1. The summed E-state index contributed by atoms with van der Waals surface area (Å²) in [5.41, 5.74) is 0.499. The van der Waals surface area contributed by atoms with Crippen LogP contribution in [0.2, 0.25) is 0 Å². The molecule has 1 saturated carbocycles. The van der Waals surface area contributed by atoms with E-state index in [0.29, 0.717) is 24.5 Å². The third-order valence-corrected chi connectivity index (χ3v) is 4.31. The van der Waals surface area contributed by atoms with E-state index in [1.807, 2.05) is 0 Å². The van der Waals surface area contributed by atoms with Gasteiger partial charge in [0.1, 0.15) is 11.6 Å². The van der Waals surface area contributed by atoms with Crippen molar-refractivity contribution < 1.29 is 18.3 Å². The molecule has 0 atom stereocenters. The Labute approximate surface area is 124 Å². The standard InChI is InChI=1S/C17H22F2O2/c1-2-21-17(20)10-5-12-3-6-13(7-4-12)15-11-14(18)8-9-16(15)19/h8-9,11-13H,2-7,10H2,1H3. The highest BCUT2D eigenvalue weighted by Gasteiger charge is 2.25. The average Bonchev–Trinajstić information content (AvgIpc) is 2.49. The molecule has 2 rings (SSSR count). The van der Waals surface area contributed by atoms with Gasteiger partial charge in [-0.15, -0.1) is 0 Å². The second-order valence-corrected chi connectivity index (χ2v) is 5.73. The van der Waals surface area contributed by atoms with Gasteiger partial charge in [-0.05, 0) is 74.6 Å². The Morgan fingerprint density at radius 1 is 1.24 bits per heavy atom. The number of hydrogen-bond acceptors (Lipinski definition) is 2. The van der Waals surface area contributed by atoms with Gasteiger partial charge in [-0.2, -0.15) is 0 Å². The van der Waals surface area contributed by atoms with Crippen molar-refractivity contribution in [3.05, 3.63) is 35.4 Å². The van der Waals surface area contributed by atoms with E-state index in [0.717, 1.165) is 38.2 Å². The summed E-state index contributed by atoms with van der Waals surface area (Å²) < 4.78 is 31.9. The predicted octanol–water partition coefficient (Wildman–Crippen LogP) is 4.58. The fraction of sp³-hybridized carbons (Fsp3) is 0.588. The van der Waals surface area contributed by atoms with Crippen LogP contribution in [0.3, 0.4) is 0 Å². The highest BCUT2D eigenvalue weighted by molar-refractivity contribution is 5.69. The molecule has 0 bridgehead atoms. The van der Waals surface area contributed by atoms with Crippen molar-refractivity contribution in [1.82, 2.24) is 0 Å². The quantitative estimate of drug-likeness (QED) is 0.743. The lowest BCUT2D eigenvalue weighted by Crippen LogP contribution is -2.16. The molecule has 0 N–H and O–H groups in total. The van der Waals surface area contributed by atoms with E-state index >= 15 is 0 Å². The Morgan fingerprint density at radius 3 is 2.62 bits per heavy atom. The third kappa shape index (κ3) is 4.51. The summed E-state index contributed by atoms with van der Waals surface area (Å²) in [5.74, 6) is -0.250. The molecule has 2 nitrogen and oxygen atoms in total. The van der Waals surface area contributed by atoms with Crippen LogP contribution in [0.4, 0.5) is 8.78 Å². The molecule has 0 aromatic heterocycles. The maximum absolute atomic E-state index is 13.8. The minimum absolute atomic E-state index is 0.0968. The zero-order valence-corrected chi connectivity index (χ0v) is 12.4. The van der Waals surface area contributed by atoms with E-state index in [1.54, 1.807) is 6.92 Å². The molecular weight excluding hydrogens is 274 g/mol. The maximum atomic E-state index is 13.8. The normalized spacial score (nSPS) is 22.0. The van der Waals surface area contributed by atoms with Crippen molar-refractivity contribution in [1.29, 1.82) is 0 Å². The molecule has 1 fully saturated rings. The molecule has 1 aromatic carbocycles. The van der Waals surface area contributed by atoms with Gasteiger partial charge in [-0.3, -0.25) is 4.79 Å². The maximum Gasteiger partial charge on any atom is 0.305 e. The van der Waals surface area contributed by atoms with Crippen LogP contribution in [0.1, 0.15) is 56.9 Å². The summed E-state index contributed by atoms with van der Waals surface area (Å²) in [4.78, 5) is 11.3.